The first-order valence-electron chi connectivity index (χ1n) is 11.9. The first-order valence-corrected chi connectivity index (χ1v) is 11.9. The summed E-state index contributed by atoms with van der Waals surface area (Å²) in [7, 11) is 0. The summed E-state index contributed by atoms with van der Waals surface area (Å²) in [4.78, 5) is 62.4. The summed E-state index contributed by atoms with van der Waals surface area (Å²) in [5.74, 6) is -3.43. The Labute approximate surface area is 205 Å². The molecule has 1 aliphatic heterocycles. The van der Waals surface area contributed by atoms with E-state index in [1.54, 1.807) is 14.7 Å². The zero-order valence-electron chi connectivity index (χ0n) is 20.4. The Morgan fingerprint density at radius 1 is 0.743 bits per heavy atom. The molecule has 0 aromatic heterocycles. The summed E-state index contributed by atoms with van der Waals surface area (Å²) in [6.45, 7) is 4.01. The number of hydrogen-bond acceptors (Lipinski definition) is 8. The van der Waals surface area contributed by atoms with Gasteiger partial charge in [-0.3, -0.25) is 38.7 Å². The number of unbranched alkanes of at least 4 members (excludes halogenated alkanes) is 2. The molecular formula is C22H39N5O8. The highest BCUT2D eigenvalue weighted by Gasteiger charge is 2.28. The van der Waals surface area contributed by atoms with Gasteiger partial charge in [-0.25, -0.2) is 0 Å². The van der Waals surface area contributed by atoms with E-state index < -0.39 is 23.9 Å². The van der Waals surface area contributed by atoms with Crippen LogP contribution in [-0.2, 0) is 24.0 Å². The smallest absolute Gasteiger partial charge is 0.320 e. The molecule has 0 aromatic carbocycles. The van der Waals surface area contributed by atoms with E-state index >= 15 is 0 Å². The molecule has 0 spiro atoms. The van der Waals surface area contributed by atoms with E-state index in [4.69, 9.17) is 10.2 Å². The van der Waals surface area contributed by atoms with Gasteiger partial charge in [0, 0.05) is 65.7 Å². The third-order valence-corrected chi connectivity index (χ3v) is 5.78. The van der Waals surface area contributed by atoms with Crippen molar-refractivity contribution in [2.75, 3.05) is 65.4 Å². The van der Waals surface area contributed by atoms with Gasteiger partial charge in [-0.05, 0) is 25.7 Å². The van der Waals surface area contributed by atoms with Crippen LogP contribution in [0.15, 0.2) is 0 Å². The minimum atomic E-state index is -1.08. The third-order valence-electron chi connectivity index (χ3n) is 5.78. The number of aliphatic carboxylic acids is 3. The molecule has 13 nitrogen and oxygen atoms in total. The topological polar surface area (TPSA) is 180 Å². The maximum atomic E-state index is 12.2. The van der Waals surface area contributed by atoms with Crippen LogP contribution in [0.25, 0.3) is 0 Å². The van der Waals surface area contributed by atoms with E-state index in [9.17, 15) is 29.1 Å². The zero-order valence-corrected chi connectivity index (χ0v) is 20.4. The zero-order chi connectivity index (χ0) is 26.2. The van der Waals surface area contributed by atoms with E-state index in [2.05, 4.69) is 10.6 Å². The number of carbonyl (C=O) groups excluding carboxylic acids is 2. The molecule has 200 valence electrons. The Morgan fingerprint density at radius 2 is 1.23 bits per heavy atom. The molecule has 2 amide bonds. The van der Waals surface area contributed by atoms with Crippen LogP contribution in [0.1, 0.15) is 39.0 Å². The van der Waals surface area contributed by atoms with Crippen molar-refractivity contribution < 1.29 is 39.3 Å². The van der Waals surface area contributed by atoms with Crippen LogP contribution in [0.3, 0.4) is 0 Å². The largest absolute Gasteiger partial charge is 0.480 e. The molecule has 35 heavy (non-hydrogen) atoms. The molecule has 0 saturated carbocycles. The summed E-state index contributed by atoms with van der Waals surface area (Å²) < 4.78 is 0. The summed E-state index contributed by atoms with van der Waals surface area (Å²) in [6.07, 6.45) is 2.51. The maximum absolute atomic E-state index is 12.2. The van der Waals surface area contributed by atoms with Gasteiger partial charge in [0.25, 0.3) is 0 Å². The summed E-state index contributed by atoms with van der Waals surface area (Å²) in [5.41, 5.74) is 0. The predicted molar refractivity (Wildman–Crippen MR) is 126 cm³/mol. The molecule has 1 atom stereocenters. The fourth-order valence-electron chi connectivity index (χ4n) is 3.91. The average Bonchev–Trinajstić information content (AvgIpc) is 2.84. The first-order chi connectivity index (χ1) is 16.6. The SMILES string of the molecule is CC(=O)NCCCCCNC(=O)CCC(C(=O)O)N1CCN(CC(=O)O)CCN(CC(=O)O)CC1. The lowest BCUT2D eigenvalue weighted by molar-refractivity contribution is -0.144. The van der Waals surface area contributed by atoms with Gasteiger partial charge in [0.15, 0.2) is 0 Å². The van der Waals surface area contributed by atoms with Crippen molar-refractivity contribution in [3.63, 3.8) is 0 Å². The Bertz CT molecular complexity index is 692. The number of carboxylic acid groups (broad SMARTS) is 3. The van der Waals surface area contributed by atoms with Crippen molar-refractivity contribution in [1.29, 1.82) is 0 Å². The molecule has 1 heterocycles. The number of hydrogen-bond donors (Lipinski definition) is 5. The minimum absolute atomic E-state index is 0.0248. The fraction of sp³-hybridized carbons (Fsp3) is 0.773. The molecule has 1 rings (SSSR count). The monoisotopic (exact) mass is 501 g/mol. The lowest BCUT2D eigenvalue weighted by atomic mass is 10.1. The normalized spacial score (nSPS) is 16.9. The predicted octanol–water partition coefficient (Wildman–Crippen LogP) is -1.27. The summed E-state index contributed by atoms with van der Waals surface area (Å²) >= 11 is 0. The van der Waals surface area contributed by atoms with Gasteiger partial charge in [0.2, 0.25) is 11.8 Å². The van der Waals surface area contributed by atoms with Crippen molar-refractivity contribution in [2.24, 2.45) is 0 Å². The van der Waals surface area contributed by atoms with Gasteiger partial charge in [0.05, 0.1) is 13.1 Å². The number of carbonyl (C=O) groups is 5. The Balaban J connectivity index is 2.61. The highest BCUT2D eigenvalue weighted by atomic mass is 16.4. The molecule has 1 aliphatic rings. The second kappa shape index (κ2) is 16.8. The molecule has 1 fully saturated rings. The van der Waals surface area contributed by atoms with E-state index in [0.717, 1.165) is 19.3 Å². The van der Waals surface area contributed by atoms with Gasteiger partial charge in [-0.2, -0.15) is 0 Å². The molecule has 0 radical (unpaired) electrons. The second-order valence-electron chi connectivity index (χ2n) is 8.66. The molecule has 0 bridgehead atoms. The van der Waals surface area contributed by atoms with Gasteiger partial charge < -0.3 is 26.0 Å². The number of nitrogens with one attached hydrogen (secondary N) is 2. The molecule has 0 aliphatic carbocycles. The Morgan fingerprint density at radius 3 is 1.69 bits per heavy atom. The Kier molecular flexibility index (Phi) is 14.5. The quantitative estimate of drug-likeness (QED) is 0.169. The molecule has 1 saturated heterocycles. The number of rotatable bonds is 15. The highest BCUT2D eigenvalue weighted by Crippen LogP contribution is 2.11. The number of carboxylic acids is 3. The maximum Gasteiger partial charge on any atom is 0.320 e. The van der Waals surface area contributed by atoms with Crippen LogP contribution >= 0.6 is 0 Å². The van der Waals surface area contributed by atoms with Crippen molar-refractivity contribution in [1.82, 2.24) is 25.3 Å². The van der Waals surface area contributed by atoms with Crippen LogP contribution in [0.4, 0.5) is 0 Å². The van der Waals surface area contributed by atoms with Crippen LogP contribution in [0, 0.1) is 0 Å². The third kappa shape index (κ3) is 14.3. The summed E-state index contributed by atoms with van der Waals surface area (Å²) in [6, 6.07) is -0.949. The molecule has 13 heteroatoms. The first kappa shape index (κ1) is 30.3. The van der Waals surface area contributed by atoms with Crippen molar-refractivity contribution >= 4 is 29.7 Å². The van der Waals surface area contributed by atoms with Gasteiger partial charge in [-0.15, -0.1) is 0 Å². The Hall–Kier alpha value is -2.77. The molecular weight excluding hydrogens is 462 g/mol. The van der Waals surface area contributed by atoms with Gasteiger partial charge >= 0.3 is 17.9 Å². The lowest BCUT2D eigenvalue weighted by Gasteiger charge is -2.30. The lowest BCUT2D eigenvalue weighted by Crippen LogP contribution is -2.47. The molecule has 1 unspecified atom stereocenters. The standard InChI is InChI=1S/C22H39N5O8/c1-17(28)23-7-3-2-4-8-24-19(29)6-5-18(22(34)35)27-13-11-25(15-20(30)31)9-10-26(12-14-27)16-21(32)33/h18H,2-16H2,1H3,(H,23,28)(H,24,29)(H,30,31)(H,32,33)(H,34,35). The molecule has 0 aromatic rings. The van der Waals surface area contributed by atoms with Gasteiger partial charge in [-0.1, -0.05) is 0 Å². The van der Waals surface area contributed by atoms with Crippen molar-refractivity contribution in [2.45, 2.75) is 45.1 Å². The molecule has 5 N–H and O–H groups in total. The number of amides is 2. The average molecular weight is 502 g/mol. The van der Waals surface area contributed by atoms with Crippen LogP contribution in [0.2, 0.25) is 0 Å². The van der Waals surface area contributed by atoms with Crippen LogP contribution in [0.5, 0.6) is 0 Å². The fourth-order valence-corrected chi connectivity index (χ4v) is 3.91. The second-order valence-corrected chi connectivity index (χ2v) is 8.66. The van der Waals surface area contributed by atoms with Crippen molar-refractivity contribution in [3.05, 3.63) is 0 Å². The van der Waals surface area contributed by atoms with E-state index in [-0.39, 0.29) is 37.7 Å². The van der Waals surface area contributed by atoms with Crippen LogP contribution in [-0.4, -0.2) is 131 Å². The highest BCUT2D eigenvalue weighted by molar-refractivity contribution is 5.78. The van der Waals surface area contributed by atoms with Crippen LogP contribution < -0.4 is 10.6 Å². The van der Waals surface area contributed by atoms with Crippen molar-refractivity contribution in [3.8, 4) is 0 Å². The minimum Gasteiger partial charge on any atom is -0.480 e. The van der Waals surface area contributed by atoms with E-state index in [1.807, 2.05) is 0 Å². The number of nitrogens with zero attached hydrogens (tertiary/aromatic N) is 3. The van der Waals surface area contributed by atoms with E-state index in [0.29, 0.717) is 52.4 Å². The van der Waals surface area contributed by atoms with Gasteiger partial charge in [0.1, 0.15) is 6.04 Å². The summed E-state index contributed by atoms with van der Waals surface area (Å²) in [5, 5.41) is 33.6. The van der Waals surface area contributed by atoms with E-state index in [1.165, 1.54) is 6.92 Å².